The normalized spacial score (nSPS) is 10.2. The average Bonchev–Trinajstić information content (AvgIpc) is 2.38. The number of carbonyl (C=O) groups is 1. The first-order valence-electron chi connectivity index (χ1n) is 5.44. The molecule has 0 saturated heterocycles. The minimum atomic E-state index is -1.03. The Labute approximate surface area is 111 Å². The molecule has 0 aliphatic rings. The molecule has 7 heteroatoms. The number of nitrogens with one attached hydrogen (secondary N) is 2. The summed E-state index contributed by atoms with van der Waals surface area (Å²) in [6.07, 6.45) is 0. The van der Waals surface area contributed by atoms with Crippen molar-refractivity contribution in [2.45, 2.75) is 0 Å². The van der Waals surface area contributed by atoms with E-state index in [1.807, 2.05) is 10.6 Å². The van der Waals surface area contributed by atoms with Crippen molar-refractivity contribution < 1.29 is 22.4 Å². The highest BCUT2D eigenvalue weighted by atomic mass is 19.1. The number of anilines is 2. The molecular formula is C13H8F4N2O. The molecule has 0 saturated carbocycles. The van der Waals surface area contributed by atoms with Crippen LogP contribution in [0.4, 0.5) is 33.7 Å². The van der Waals surface area contributed by atoms with Crippen molar-refractivity contribution in [3.8, 4) is 0 Å². The molecule has 0 aliphatic heterocycles. The molecule has 0 fully saturated rings. The summed E-state index contributed by atoms with van der Waals surface area (Å²) in [5.74, 6) is -3.22. The molecule has 2 amide bonds. The van der Waals surface area contributed by atoms with Gasteiger partial charge in [0.15, 0.2) is 0 Å². The van der Waals surface area contributed by atoms with Crippen LogP contribution in [0.1, 0.15) is 0 Å². The number of hydrogen-bond acceptors (Lipinski definition) is 1. The van der Waals surface area contributed by atoms with Gasteiger partial charge in [0.05, 0.1) is 11.4 Å². The Morgan fingerprint density at radius 2 is 1.15 bits per heavy atom. The highest BCUT2D eigenvalue weighted by molar-refractivity contribution is 5.99. The van der Waals surface area contributed by atoms with E-state index in [1.54, 1.807) is 0 Å². The molecule has 0 unspecified atom stereocenters. The molecule has 0 aliphatic carbocycles. The third-order valence-corrected chi connectivity index (χ3v) is 2.35. The van der Waals surface area contributed by atoms with Crippen LogP contribution in [0.3, 0.4) is 0 Å². The molecular weight excluding hydrogens is 276 g/mol. The first-order chi connectivity index (χ1) is 9.45. The average molecular weight is 284 g/mol. The van der Waals surface area contributed by atoms with E-state index in [-0.39, 0.29) is 0 Å². The fraction of sp³-hybridized carbons (Fsp3) is 0. The summed E-state index contributed by atoms with van der Waals surface area (Å²) in [5.41, 5.74) is -0.835. The Morgan fingerprint density at radius 1 is 0.750 bits per heavy atom. The van der Waals surface area contributed by atoms with Gasteiger partial charge in [-0.15, -0.1) is 0 Å². The van der Waals surface area contributed by atoms with Crippen molar-refractivity contribution in [1.82, 2.24) is 0 Å². The Balaban J connectivity index is 2.13. The van der Waals surface area contributed by atoms with Crippen LogP contribution in [0.5, 0.6) is 0 Å². The lowest BCUT2D eigenvalue weighted by atomic mass is 10.3. The third kappa shape index (κ3) is 3.25. The van der Waals surface area contributed by atoms with Crippen LogP contribution in [-0.4, -0.2) is 6.03 Å². The maximum atomic E-state index is 13.3. The molecule has 0 spiro atoms. The van der Waals surface area contributed by atoms with E-state index in [2.05, 4.69) is 0 Å². The van der Waals surface area contributed by atoms with Crippen LogP contribution in [-0.2, 0) is 0 Å². The summed E-state index contributed by atoms with van der Waals surface area (Å²) in [6.45, 7) is 0. The first kappa shape index (κ1) is 13.9. The summed E-state index contributed by atoms with van der Waals surface area (Å²) >= 11 is 0. The Hall–Kier alpha value is -2.57. The highest BCUT2D eigenvalue weighted by Gasteiger charge is 2.11. The number of benzene rings is 2. The van der Waals surface area contributed by atoms with Crippen LogP contribution < -0.4 is 10.6 Å². The van der Waals surface area contributed by atoms with E-state index in [1.165, 1.54) is 0 Å². The second-order valence-corrected chi connectivity index (χ2v) is 3.83. The molecule has 104 valence electrons. The Kier molecular flexibility index (Phi) is 3.88. The fourth-order valence-electron chi connectivity index (χ4n) is 1.46. The largest absolute Gasteiger partial charge is 0.323 e. The van der Waals surface area contributed by atoms with Crippen LogP contribution >= 0.6 is 0 Å². The number of hydrogen-bond donors (Lipinski definition) is 2. The van der Waals surface area contributed by atoms with Gasteiger partial charge in [-0.2, -0.15) is 0 Å². The lowest BCUT2D eigenvalue weighted by Gasteiger charge is -2.09. The van der Waals surface area contributed by atoms with Gasteiger partial charge < -0.3 is 10.6 Å². The minimum absolute atomic E-state index is 0.417. The van der Waals surface area contributed by atoms with E-state index < -0.39 is 40.7 Å². The molecule has 20 heavy (non-hydrogen) atoms. The third-order valence-electron chi connectivity index (χ3n) is 2.35. The summed E-state index contributed by atoms with van der Waals surface area (Å²) in [6, 6.07) is 3.91. The second kappa shape index (κ2) is 5.60. The molecule has 0 heterocycles. The SMILES string of the molecule is O=C(Nc1cc(F)ccc1F)Nc1cc(F)ccc1F. The van der Waals surface area contributed by atoms with Gasteiger partial charge in [0, 0.05) is 12.1 Å². The quantitative estimate of drug-likeness (QED) is 0.807. The van der Waals surface area contributed by atoms with E-state index in [4.69, 9.17) is 0 Å². The lowest BCUT2D eigenvalue weighted by Crippen LogP contribution is -2.21. The number of carbonyl (C=O) groups excluding carboxylic acids is 1. The van der Waals surface area contributed by atoms with Gasteiger partial charge in [0.2, 0.25) is 0 Å². The maximum absolute atomic E-state index is 13.3. The van der Waals surface area contributed by atoms with Gasteiger partial charge in [0.1, 0.15) is 23.3 Å². The van der Waals surface area contributed by atoms with Gasteiger partial charge in [-0.1, -0.05) is 0 Å². The number of rotatable bonds is 2. The van der Waals surface area contributed by atoms with Crippen molar-refractivity contribution in [2.75, 3.05) is 10.6 Å². The monoisotopic (exact) mass is 284 g/mol. The molecule has 0 atom stereocenters. The first-order valence-corrected chi connectivity index (χ1v) is 5.44. The van der Waals surface area contributed by atoms with Gasteiger partial charge in [-0.25, -0.2) is 22.4 Å². The smallest absolute Gasteiger partial charge is 0.305 e. The molecule has 3 nitrogen and oxygen atoms in total. The van der Waals surface area contributed by atoms with Crippen molar-refractivity contribution in [3.63, 3.8) is 0 Å². The number of halogens is 4. The number of amides is 2. The van der Waals surface area contributed by atoms with Gasteiger partial charge in [-0.05, 0) is 24.3 Å². The van der Waals surface area contributed by atoms with E-state index in [0.29, 0.717) is 0 Å². The van der Waals surface area contributed by atoms with Crippen molar-refractivity contribution in [3.05, 3.63) is 59.7 Å². The van der Waals surface area contributed by atoms with E-state index >= 15 is 0 Å². The molecule has 2 aromatic rings. The predicted octanol–water partition coefficient (Wildman–Crippen LogP) is 3.89. The zero-order valence-corrected chi connectivity index (χ0v) is 9.88. The van der Waals surface area contributed by atoms with Crippen molar-refractivity contribution in [1.29, 1.82) is 0 Å². The zero-order chi connectivity index (χ0) is 14.7. The van der Waals surface area contributed by atoms with Crippen LogP contribution in [0, 0.1) is 23.3 Å². The van der Waals surface area contributed by atoms with Crippen molar-refractivity contribution >= 4 is 17.4 Å². The van der Waals surface area contributed by atoms with E-state index in [9.17, 15) is 22.4 Å². The van der Waals surface area contributed by atoms with Crippen LogP contribution in [0.2, 0.25) is 0 Å². The predicted molar refractivity (Wildman–Crippen MR) is 65.4 cm³/mol. The summed E-state index contributed by atoms with van der Waals surface area (Å²) < 4.78 is 52.3. The lowest BCUT2D eigenvalue weighted by molar-refractivity contribution is 0.262. The zero-order valence-electron chi connectivity index (χ0n) is 9.88. The summed E-state index contributed by atoms with van der Waals surface area (Å²) in [7, 11) is 0. The van der Waals surface area contributed by atoms with Gasteiger partial charge in [0.25, 0.3) is 0 Å². The molecule has 0 aromatic heterocycles. The highest BCUT2D eigenvalue weighted by Crippen LogP contribution is 2.18. The topological polar surface area (TPSA) is 41.1 Å². The van der Waals surface area contributed by atoms with E-state index in [0.717, 1.165) is 36.4 Å². The van der Waals surface area contributed by atoms with Crippen molar-refractivity contribution in [2.24, 2.45) is 0 Å². The van der Waals surface area contributed by atoms with Gasteiger partial charge in [-0.3, -0.25) is 0 Å². The maximum Gasteiger partial charge on any atom is 0.323 e. The molecule has 2 N–H and O–H groups in total. The molecule has 0 radical (unpaired) electrons. The van der Waals surface area contributed by atoms with Gasteiger partial charge >= 0.3 is 6.03 Å². The standard InChI is InChI=1S/C13H8F4N2O/c14-7-1-3-9(16)11(5-7)18-13(20)19-12-6-8(15)2-4-10(12)17/h1-6H,(H2,18,19,20). The molecule has 2 aromatic carbocycles. The summed E-state index contributed by atoms with van der Waals surface area (Å²) in [4.78, 5) is 11.5. The Morgan fingerprint density at radius 3 is 1.55 bits per heavy atom. The molecule has 0 bridgehead atoms. The van der Waals surface area contributed by atoms with Crippen LogP contribution in [0.15, 0.2) is 36.4 Å². The second-order valence-electron chi connectivity index (χ2n) is 3.83. The molecule has 2 rings (SSSR count). The minimum Gasteiger partial charge on any atom is -0.305 e. The fourth-order valence-corrected chi connectivity index (χ4v) is 1.46. The van der Waals surface area contributed by atoms with Crippen LogP contribution in [0.25, 0.3) is 0 Å². The number of urea groups is 1. The summed E-state index contributed by atoms with van der Waals surface area (Å²) in [5, 5.41) is 3.98. The Bertz CT molecular complexity index is 605.